The molecule has 0 fully saturated rings. The molecular weight excluding hydrogens is 356 g/mol. The molecule has 0 bridgehead atoms. The number of carbonyl (C=O) groups excluding carboxylic acids is 1. The molecule has 0 aliphatic heterocycles. The third kappa shape index (κ3) is 4.97. The van der Waals surface area contributed by atoms with Gasteiger partial charge < -0.3 is 20.1 Å². The van der Waals surface area contributed by atoms with E-state index in [1.54, 1.807) is 30.3 Å². The number of amides is 1. The Balaban J connectivity index is 1.71. The van der Waals surface area contributed by atoms with Gasteiger partial charge >= 0.3 is 0 Å². The van der Waals surface area contributed by atoms with Crippen molar-refractivity contribution in [1.82, 2.24) is 9.97 Å². The molecule has 7 heteroatoms. The number of benzene rings is 2. The SMILES string of the molecule is CCOc1ccc(NC(=O)c2ccnc(Nc3ccccc3OCC)n2)cc1. The number of carbonyl (C=O) groups is 1. The minimum Gasteiger partial charge on any atom is -0.494 e. The molecule has 144 valence electrons. The summed E-state index contributed by atoms with van der Waals surface area (Å²) in [5.74, 6) is 1.43. The van der Waals surface area contributed by atoms with Crippen LogP contribution in [0.25, 0.3) is 0 Å². The highest BCUT2D eigenvalue weighted by atomic mass is 16.5. The van der Waals surface area contributed by atoms with E-state index in [9.17, 15) is 4.79 Å². The Morgan fingerprint density at radius 2 is 1.71 bits per heavy atom. The van der Waals surface area contributed by atoms with Crippen LogP contribution in [0.15, 0.2) is 60.8 Å². The molecule has 1 amide bonds. The minimum atomic E-state index is -0.326. The van der Waals surface area contributed by atoms with Crippen molar-refractivity contribution in [2.24, 2.45) is 0 Å². The van der Waals surface area contributed by atoms with Crippen LogP contribution in [-0.4, -0.2) is 29.1 Å². The molecule has 3 aromatic rings. The first-order chi connectivity index (χ1) is 13.7. The Kier molecular flexibility index (Phi) is 6.41. The lowest BCUT2D eigenvalue weighted by Crippen LogP contribution is -2.14. The zero-order chi connectivity index (χ0) is 19.8. The summed E-state index contributed by atoms with van der Waals surface area (Å²) in [7, 11) is 0. The van der Waals surface area contributed by atoms with Crippen LogP contribution < -0.4 is 20.1 Å². The normalized spacial score (nSPS) is 10.2. The van der Waals surface area contributed by atoms with Crippen molar-refractivity contribution in [3.63, 3.8) is 0 Å². The fourth-order valence-electron chi connectivity index (χ4n) is 2.51. The van der Waals surface area contributed by atoms with Crippen molar-refractivity contribution >= 4 is 23.2 Å². The molecule has 1 heterocycles. The maximum atomic E-state index is 12.5. The van der Waals surface area contributed by atoms with E-state index < -0.39 is 0 Å². The lowest BCUT2D eigenvalue weighted by Gasteiger charge is -2.11. The Hall–Kier alpha value is -3.61. The zero-order valence-electron chi connectivity index (χ0n) is 15.8. The Morgan fingerprint density at radius 3 is 2.46 bits per heavy atom. The average Bonchev–Trinajstić information content (AvgIpc) is 2.71. The molecule has 2 N–H and O–H groups in total. The van der Waals surface area contributed by atoms with Crippen LogP contribution in [0.4, 0.5) is 17.3 Å². The predicted octanol–water partition coefficient (Wildman–Crippen LogP) is 4.27. The number of hydrogen-bond acceptors (Lipinski definition) is 6. The number of ether oxygens (including phenoxy) is 2. The van der Waals surface area contributed by atoms with E-state index in [1.165, 1.54) is 6.20 Å². The third-order valence-corrected chi connectivity index (χ3v) is 3.74. The van der Waals surface area contributed by atoms with Gasteiger partial charge in [-0.2, -0.15) is 0 Å². The molecule has 0 saturated carbocycles. The summed E-state index contributed by atoms with van der Waals surface area (Å²) in [5, 5.41) is 5.91. The minimum absolute atomic E-state index is 0.250. The topological polar surface area (TPSA) is 85.4 Å². The van der Waals surface area contributed by atoms with Gasteiger partial charge in [0.15, 0.2) is 0 Å². The second-order valence-electron chi connectivity index (χ2n) is 5.73. The van der Waals surface area contributed by atoms with Crippen LogP contribution in [0, 0.1) is 0 Å². The molecule has 0 aliphatic carbocycles. The van der Waals surface area contributed by atoms with E-state index in [2.05, 4.69) is 20.6 Å². The fourth-order valence-corrected chi connectivity index (χ4v) is 2.51. The van der Waals surface area contributed by atoms with E-state index in [0.29, 0.717) is 30.6 Å². The molecular formula is C21H22N4O3. The Bertz CT molecular complexity index is 929. The lowest BCUT2D eigenvalue weighted by molar-refractivity contribution is 0.102. The van der Waals surface area contributed by atoms with E-state index in [-0.39, 0.29) is 11.6 Å². The van der Waals surface area contributed by atoms with Crippen molar-refractivity contribution in [1.29, 1.82) is 0 Å². The van der Waals surface area contributed by atoms with E-state index >= 15 is 0 Å². The van der Waals surface area contributed by atoms with Crippen LogP contribution in [0.5, 0.6) is 11.5 Å². The molecule has 7 nitrogen and oxygen atoms in total. The summed E-state index contributed by atoms with van der Waals surface area (Å²) in [5.41, 5.74) is 1.64. The van der Waals surface area contributed by atoms with Gasteiger partial charge in [0.05, 0.1) is 18.9 Å². The first-order valence-electron chi connectivity index (χ1n) is 9.05. The van der Waals surface area contributed by atoms with Gasteiger partial charge in [-0.25, -0.2) is 9.97 Å². The van der Waals surface area contributed by atoms with Crippen molar-refractivity contribution in [2.45, 2.75) is 13.8 Å². The van der Waals surface area contributed by atoms with Crippen LogP contribution in [0.2, 0.25) is 0 Å². The number of nitrogens with zero attached hydrogens (tertiary/aromatic N) is 2. The molecule has 0 aliphatic rings. The predicted molar refractivity (Wildman–Crippen MR) is 108 cm³/mol. The van der Waals surface area contributed by atoms with Gasteiger partial charge in [-0.05, 0) is 56.3 Å². The van der Waals surface area contributed by atoms with Gasteiger partial charge in [0, 0.05) is 11.9 Å². The van der Waals surface area contributed by atoms with Crippen LogP contribution in [0.3, 0.4) is 0 Å². The first kappa shape index (κ1) is 19.2. The molecule has 0 spiro atoms. The van der Waals surface area contributed by atoms with Gasteiger partial charge in [-0.1, -0.05) is 12.1 Å². The van der Waals surface area contributed by atoms with Crippen LogP contribution in [0.1, 0.15) is 24.3 Å². The second kappa shape index (κ2) is 9.36. The molecule has 0 saturated heterocycles. The third-order valence-electron chi connectivity index (χ3n) is 3.74. The summed E-state index contributed by atoms with van der Waals surface area (Å²) >= 11 is 0. The number of para-hydroxylation sites is 2. The molecule has 3 rings (SSSR count). The molecule has 0 unspecified atom stereocenters. The number of aromatic nitrogens is 2. The number of anilines is 3. The van der Waals surface area contributed by atoms with Gasteiger partial charge in [0.25, 0.3) is 5.91 Å². The van der Waals surface area contributed by atoms with Crippen molar-refractivity contribution in [3.05, 3.63) is 66.5 Å². The molecule has 28 heavy (non-hydrogen) atoms. The molecule has 0 atom stereocenters. The Labute approximate surface area is 163 Å². The monoisotopic (exact) mass is 378 g/mol. The summed E-state index contributed by atoms with van der Waals surface area (Å²) < 4.78 is 11.0. The van der Waals surface area contributed by atoms with Gasteiger partial charge in [-0.15, -0.1) is 0 Å². The maximum absolute atomic E-state index is 12.5. The molecule has 1 aromatic heterocycles. The molecule has 2 aromatic carbocycles. The summed E-state index contributed by atoms with van der Waals surface area (Å²) in [4.78, 5) is 21.0. The highest BCUT2D eigenvalue weighted by Crippen LogP contribution is 2.26. The summed E-state index contributed by atoms with van der Waals surface area (Å²) in [6.45, 7) is 4.97. The number of hydrogen-bond donors (Lipinski definition) is 2. The molecule has 0 radical (unpaired) electrons. The smallest absolute Gasteiger partial charge is 0.274 e. The number of rotatable bonds is 8. The van der Waals surface area contributed by atoms with Gasteiger partial charge in [0.1, 0.15) is 17.2 Å². The Morgan fingerprint density at radius 1 is 0.964 bits per heavy atom. The second-order valence-corrected chi connectivity index (χ2v) is 5.73. The standard InChI is InChI=1S/C21H22N4O3/c1-3-27-16-11-9-15(10-12-16)23-20(26)18-13-14-22-21(25-18)24-17-7-5-6-8-19(17)28-4-2/h5-14H,3-4H2,1-2H3,(H,23,26)(H,22,24,25). The van der Waals surface area contributed by atoms with Gasteiger partial charge in [-0.3, -0.25) is 4.79 Å². The fraction of sp³-hybridized carbons (Fsp3) is 0.190. The van der Waals surface area contributed by atoms with E-state index in [1.807, 2.05) is 38.1 Å². The first-order valence-corrected chi connectivity index (χ1v) is 9.05. The lowest BCUT2D eigenvalue weighted by atomic mass is 10.3. The zero-order valence-corrected chi connectivity index (χ0v) is 15.8. The largest absolute Gasteiger partial charge is 0.494 e. The van der Waals surface area contributed by atoms with Gasteiger partial charge in [0.2, 0.25) is 5.95 Å². The van der Waals surface area contributed by atoms with Crippen molar-refractivity contribution in [3.8, 4) is 11.5 Å². The quantitative estimate of drug-likeness (QED) is 0.609. The highest BCUT2D eigenvalue weighted by molar-refractivity contribution is 6.03. The van der Waals surface area contributed by atoms with Crippen molar-refractivity contribution in [2.75, 3.05) is 23.8 Å². The maximum Gasteiger partial charge on any atom is 0.274 e. The average molecular weight is 378 g/mol. The van der Waals surface area contributed by atoms with Crippen molar-refractivity contribution < 1.29 is 14.3 Å². The van der Waals surface area contributed by atoms with E-state index in [4.69, 9.17) is 9.47 Å². The number of nitrogens with one attached hydrogen (secondary N) is 2. The van der Waals surface area contributed by atoms with E-state index in [0.717, 1.165) is 11.4 Å². The van der Waals surface area contributed by atoms with Crippen LogP contribution in [-0.2, 0) is 0 Å². The summed E-state index contributed by atoms with van der Waals surface area (Å²) in [6, 6.07) is 16.2. The summed E-state index contributed by atoms with van der Waals surface area (Å²) in [6.07, 6.45) is 1.53. The highest BCUT2D eigenvalue weighted by Gasteiger charge is 2.11. The van der Waals surface area contributed by atoms with Crippen LogP contribution >= 0.6 is 0 Å².